The molecule has 0 spiro atoms. The fourth-order valence-electron chi connectivity index (χ4n) is 3.76. The zero-order valence-corrected chi connectivity index (χ0v) is 18.3. The van der Waals surface area contributed by atoms with Gasteiger partial charge in [0.25, 0.3) is 0 Å². The van der Waals surface area contributed by atoms with Crippen LogP contribution in [0.4, 0.5) is 0 Å². The highest BCUT2D eigenvalue weighted by molar-refractivity contribution is 5.83. The van der Waals surface area contributed by atoms with E-state index in [0.29, 0.717) is 19.7 Å². The Morgan fingerprint density at radius 3 is 2.43 bits per heavy atom. The number of nitrogens with zero attached hydrogens (tertiary/aromatic N) is 2. The molecule has 0 aliphatic heterocycles. The van der Waals surface area contributed by atoms with E-state index in [-0.39, 0.29) is 11.8 Å². The number of ether oxygens (including phenoxy) is 1. The molecule has 158 valence electrons. The smallest absolute Gasteiger partial charge is 0.230 e. The van der Waals surface area contributed by atoms with E-state index in [1.807, 2.05) is 35.2 Å². The number of carbonyl (C=O) groups is 1. The summed E-state index contributed by atoms with van der Waals surface area (Å²) < 4.78 is 7.52. The van der Waals surface area contributed by atoms with Gasteiger partial charge in [0.05, 0.1) is 19.1 Å². The van der Waals surface area contributed by atoms with Crippen molar-refractivity contribution in [2.45, 2.75) is 39.3 Å². The predicted octanol–water partition coefficient (Wildman–Crippen LogP) is 5.01. The molecule has 1 unspecified atom stereocenters. The molecule has 3 rings (SSSR count). The summed E-state index contributed by atoms with van der Waals surface area (Å²) in [4.78, 5) is 15.4. The highest BCUT2D eigenvalue weighted by Crippen LogP contribution is 2.23. The van der Waals surface area contributed by atoms with Gasteiger partial charge in [0.1, 0.15) is 0 Å². The Bertz CT molecular complexity index is 916. The van der Waals surface area contributed by atoms with Gasteiger partial charge >= 0.3 is 0 Å². The van der Waals surface area contributed by atoms with E-state index >= 15 is 0 Å². The van der Waals surface area contributed by atoms with Crippen LogP contribution in [0.1, 0.15) is 41.6 Å². The first-order valence-electron chi connectivity index (χ1n) is 10.6. The molecule has 4 nitrogen and oxygen atoms in total. The van der Waals surface area contributed by atoms with Crippen LogP contribution in [0.25, 0.3) is 0 Å². The van der Waals surface area contributed by atoms with Gasteiger partial charge in [-0.15, -0.1) is 0 Å². The molecule has 1 atom stereocenters. The fraction of sp³-hybridized carbons (Fsp3) is 0.346. The van der Waals surface area contributed by atoms with E-state index in [2.05, 4.69) is 61.0 Å². The Balaban J connectivity index is 1.79. The number of aryl methyl sites for hydroxylation is 1. The first kappa shape index (κ1) is 21.8. The van der Waals surface area contributed by atoms with Gasteiger partial charge in [-0.2, -0.15) is 0 Å². The minimum Gasteiger partial charge on any atom is -0.383 e. The maximum absolute atomic E-state index is 13.5. The number of methoxy groups -OCH3 is 1. The first-order chi connectivity index (χ1) is 14.6. The minimum absolute atomic E-state index is 0.136. The lowest BCUT2D eigenvalue weighted by Gasteiger charge is -2.27. The molecule has 1 aromatic heterocycles. The SMILES string of the molecule is CCC(C(=O)N(CCOC)Cc1cccn1Cc1ccc(C)cc1)c1ccccc1. The molecule has 0 saturated heterocycles. The summed E-state index contributed by atoms with van der Waals surface area (Å²) in [5.41, 5.74) is 4.71. The summed E-state index contributed by atoms with van der Waals surface area (Å²) in [6, 6.07) is 22.8. The molecule has 1 amide bonds. The highest BCUT2D eigenvalue weighted by Gasteiger charge is 2.25. The second-order valence-electron chi connectivity index (χ2n) is 7.74. The van der Waals surface area contributed by atoms with Gasteiger partial charge in [0.15, 0.2) is 0 Å². The van der Waals surface area contributed by atoms with E-state index < -0.39 is 0 Å². The lowest BCUT2D eigenvalue weighted by atomic mass is 9.95. The topological polar surface area (TPSA) is 34.5 Å². The van der Waals surface area contributed by atoms with E-state index in [1.54, 1.807) is 7.11 Å². The van der Waals surface area contributed by atoms with E-state index in [0.717, 1.165) is 24.2 Å². The lowest BCUT2D eigenvalue weighted by molar-refractivity contribution is -0.134. The summed E-state index contributed by atoms with van der Waals surface area (Å²) in [6.45, 7) is 6.64. The van der Waals surface area contributed by atoms with Gasteiger partial charge in [-0.1, -0.05) is 67.1 Å². The van der Waals surface area contributed by atoms with Crippen molar-refractivity contribution in [3.05, 3.63) is 95.3 Å². The van der Waals surface area contributed by atoms with Crippen molar-refractivity contribution >= 4 is 5.91 Å². The van der Waals surface area contributed by atoms with Crippen molar-refractivity contribution in [1.82, 2.24) is 9.47 Å². The van der Waals surface area contributed by atoms with Gasteiger partial charge in [0, 0.05) is 32.1 Å². The third-order valence-electron chi connectivity index (χ3n) is 5.54. The number of carbonyl (C=O) groups excluding carboxylic acids is 1. The number of hydrogen-bond acceptors (Lipinski definition) is 2. The average molecular weight is 405 g/mol. The Morgan fingerprint density at radius 1 is 1.03 bits per heavy atom. The van der Waals surface area contributed by atoms with Crippen LogP contribution >= 0.6 is 0 Å². The zero-order valence-electron chi connectivity index (χ0n) is 18.3. The number of benzene rings is 2. The first-order valence-corrected chi connectivity index (χ1v) is 10.6. The third-order valence-corrected chi connectivity index (χ3v) is 5.54. The standard InChI is InChI=1S/C26H32N2O2/c1-4-25(23-9-6-5-7-10-23)26(29)28(17-18-30-3)20-24-11-8-16-27(24)19-22-14-12-21(2)13-15-22/h5-16,25H,4,17-20H2,1-3H3. The quantitative estimate of drug-likeness (QED) is 0.476. The molecule has 0 bridgehead atoms. The molecule has 0 radical (unpaired) electrons. The maximum Gasteiger partial charge on any atom is 0.230 e. The van der Waals surface area contributed by atoms with Crippen molar-refractivity contribution in [3.8, 4) is 0 Å². The molecule has 1 heterocycles. The molecule has 30 heavy (non-hydrogen) atoms. The van der Waals surface area contributed by atoms with Gasteiger partial charge < -0.3 is 14.2 Å². The zero-order chi connectivity index (χ0) is 21.3. The number of hydrogen-bond donors (Lipinski definition) is 0. The van der Waals surface area contributed by atoms with Crippen LogP contribution in [0.2, 0.25) is 0 Å². The molecule has 3 aromatic rings. The number of rotatable bonds is 10. The van der Waals surface area contributed by atoms with Gasteiger partial charge in [-0.25, -0.2) is 0 Å². The summed E-state index contributed by atoms with van der Waals surface area (Å²) in [5.74, 6) is 0.0207. The Kier molecular flexibility index (Phi) is 7.86. The molecule has 0 aliphatic rings. The molecule has 0 N–H and O–H groups in total. The van der Waals surface area contributed by atoms with Gasteiger partial charge in [-0.05, 0) is 36.6 Å². The fourth-order valence-corrected chi connectivity index (χ4v) is 3.76. The molecular formula is C26H32N2O2. The van der Waals surface area contributed by atoms with Crippen LogP contribution < -0.4 is 0 Å². The second-order valence-corrected chi connectivity index (χ2v) is 7.74. The van der Waals surface area contributed by atoms with E-state index in [4.69, 9.17) is 4.74 Å². The minimum atomic E-state index is -0.136. The summed E-state index contributed by atoms with van der Waals surface area (Å²) in [5, 5.41) is 0. The van der Waals surface area contributed by atoms with Crippen LogP contribution in [0.15, 0.2) is 72.9 Å². The lowest BCUT2D eigenvalue weighted by Crippen LogP contribution is -2.37. The van der Waals surface area contributed by atoms with Crippen LogP contribution in [0, 0.1) is 6.92 Å². The van der Waals surface area contributed by atoms with Gasteiger partial charge in [0.2, 0.25) is 5.91 Å². The Morgan fingerprint density at radius 2 is 1.77 bits per heavy atom. The molecule has 0 fully saturated rings. The third kappa shape index (κ3) is 5.61. The van der Waals surface area contributed by atoms with E-state index in [9.17, 15) is 4.79 Å². The van der Waals surface area contributed by atoms with Crippen molar-refractivity contribution in [3.63, 3.8) is 0 Å². The molecule has 2 aromatic carbocycles. The molecule has 0 aliphatic carbocycles. The van der Waals surface area contributed by atoms with E-state index in [1.165, 1.54) is 11.1 Å². The number of amides is 1. The maximum atomic E-state index is 13.5. The molecule has 4 heteroatoms. The summed E-state index contributed by atoms with van der Waals surface area (Å²) in [6.07, 6.45) is 2.86. The number of aromatic nitrogens is 1. The van der Waals surface area contributed by atoms with Crippen molar-refractivity contribution in [1.29, 1.82) is 0 Å². The highest BCUT2D eigenvalue weighted by atomic mass is 16.5. The van der Waals surface area contributed by atoms with Crippen LogP contribution in [-0.4, -0.2) is 35.6 Å². The second kappa shape index (κ2) is 10.8. The summed E-state index contributed by atoms with van der Waals surface area (Å²) >= 11 is 0. The van der Waals surface area contributed by atoms with Gasteiger partial charge in [-0.3, -0.25) is 4.79 Å². The Hall–Kier alpha value is -2.85. The van der Waals surface area contributed by atoms with Crippen LogP contribution in [-0.2, 0) is 22.6 Å². The van der Waals surface area contributed by atoms with Crippen LogP contribution in [0.3, 0.4) is 0 Å². The molecule has 0 saturated carbocycles. The molecular weight excluding hydrogens is 372 g/mol. The summed E-state index contributed by atoms with van der Waals surface area (Å²) in [7, 11) is 1.68. The largest absolute Gasteiger partial charge is 0.383 e. The van der Waals surface area contributed by atoms with Crippen LogP contribution in [0.5, 0.6) is 0 Å². The van der Waals surface area contributed by atoms with Crippen molar-refractivity contribution in [2.75, 3.05) is 20.3 Å². The average Bonchev–Trinajstić information content (AvgIpc) is 3.20. The van der Waals surface area contributed by atoms with Crippen molar-refractivity contribution in [2.24, 2.45) is 0 Å². The van der Waals surface area contributed by atoms with Crippen molar-refractivity contribution < 1.29 is 9.53 Å². The monoisotopic (exact) mass is 404 g/mol. The normalized spacial score (nSPS) is 12.0. The Labute approximate surface area is 180 Å². The predicted molar refractivity (Wildman–Crippen MR) is 121 cm³/mol.